The van der Waals surface area contributed by atoms with Crippen molar-refractivity contribution < 1.29 is 21.6 Å². The van der Waals surface area contributed by atoms with Crippen molar-refractivity contribution in [3.05, 3.63) is 77.1 Å². The molecule has 2 aromatic carbocycles. The maximum Gasteiger partial charge on any atom is 0.416 e. The van der Waals surface area contributed by atoms with Gasteiger partial charge in [-0.1, -0.05) is 24.3 Å². The van der Waals surface area contributed by atoms with Crippen molar-refractivity contribution in [2.45, 2.75) is 49.7 Å². The van der Waals surface area contributed by atoms with E-state index in [1.54, 1.807) is 26.2 Å². The first-order valence-electron chi connectivity index (χ1n) is 12.0. The van der Waals surface area contributed by atoms with E-state index in [4.69, 9.17) is 0 Å². The Kier molecular flexibility index (Phi) is 6.15. The average Bonchev–Trinajstić information content (AvgIpc) is 3.41. The number of fused-ring (bicyclic) bond motifs is 1. The van der Waals surface area contributed by atoms with Gasteiger partial charge in [0.2, 0.25) is 10.0 Å². The Labute approximate surface area is 209 Å². The first-order chi connectivity index (χ1) is 17.0. The molecule has 6 nitrogen and oxygen atoms in total. The smallest absolute Gasteiger partial charge is 0.370 e. The van der Waals surface area contributed by atoms with Gasteiger partial charge < -0.3 is 4.90 Å². The molecule has 1 saturated heterocycles. The molecule has 192 valence electrons. The van der Waals surface area contributed by atoms with Gasteiger partial charge in [-0.05, 0) is 73.4 Å². The number of aryl methyl sites for hydroxylation is 1. The second-order valence-electron chi connectivity index (χ2n) is 10.0. The zero-order valence-corrected chi connectivity index (χ0v) is 21.0. The number of anilines is 1. The predicted octanol–water partition coefficient (Wildman–Crippen LogP) is 4.86. The number of aromatic nitrogens is 2. The number of piperidine rings is 1. The summed E-state index contributed by atoms with van der Waals surface area (Å²) in [5.41, 5.74) is 2.76. The first kappa shape index (κ1) is 24.8. The second kappa shape index (κ2) is 8.92. The molecule has 10 heteroatoms. The quantitative estimate of drug-likeness (QED) is 0.524. The minimum Gasteiger partial charge on any atom is -0.370 e. The van der Waals surface area contributed by atoms with Crippen molar-refractivity contribution in [2.75, 3.05) is 18.0 Å². The highest BCUT2D eigenvalue weighted by atomic mass is 32.2. The molecule has 1 aromatic heterocycles. The van der Waals surface area contributed by atoms with Crippen LogP contribution < -0.4 is 9.62 Å². The summed E-state index contributed by atoms with van der Waals surface area (Å²) in [6.07, 6.45) is 0.554. The fourth-order valence-corrected chi connectivity index (χ4v) is 7.15. The molecule has 1 fully saturated rings. The maximum atomic E-state index is 13.6. The van der Waals surface area contributed by atoms with Crippen molar-refractivity contribution in [1.29, 1.82) is 0 Å². The van der Waals surface area contributed by atoms with Crippen molar-refractivity contribution in [3.8, 4) is 0 Å². The summed E-state index contributed by atoms with van der Waals surface area (Å²) >= 11 is 0. The van der Waals surface area contributed by atoms with Crippen LogP contribution in [0.3, 0.4) is 0 Å². The number of sulfonamides is 1. The third-order valence-corrected chi connectivity index (χ3v) is 9.20. The highest BCUT2D eigenvalue weighted by Crippen LogP contribution is 2.46. The SMILES string of the molecule is CC(NS(=O)(=O)c1cc(C(F)(F)F)ccc1N1CCC2(CC1)Cc1ccccc1C2)c1ccnn1C. The van der Waals surface area contributed by atoms with E-state index in [1.165, 1.54) is 21.9 Å². The molecule has 36 heavy (non-hydrogen) atoms. The molecule has 0 saturated carbocycles. The molecule has 3 aromatic rings. The van der Waals surface area contributed by atoms with Gasteiger partial charge in [0.15, 0.2) is 0 Å². The zero-order chi connectivity index (χ0) is 25.7. The number of hydrogen-bond acceptors (Lipinski definition) is 4. The van der Waals surface area contributed by atoms with Crippen LogP contribution in [0.1, 0.15) is 48.2 Å². The summed E-state index contributed by atoms with van der Waals surface area (Å²) in [6, 6.07) is 12.4. The highest BCUT2D eigenvalue weighted by Gasteiger charge is 2.41. The van der Waals surface area contributed by atoms with Gasteiger partial charge in [-0.2, -0.15) is 18.3 Å². The lowest BCUT2D eigenvalue weighted by molar-refractivity contribution is -0.137. The van der Waals surface area contributed by atoms with Crippen molar-refractivity contribution in [2.24, 2.45) is 12.5 Å². The number of halogens is 3. The van der Waals surface area contributed by atoms with Gasteiger partial charge in [-0.3, -0.25) is 4.68 Å². The molecule has 1 spiro atoms. The lowest BCUT2D eigenvalue weighted by Gasteiger charge is -2.41. The molecular weight excluding hydrogens is 489 g/mol. The van der Waals surface area contributed by atoms with Crippen LogP contribution in [-0.2, 0) is 36.1 Å². The van der Waals surface area contributed by atoms with Crippen molar-refractivity contribution in [3.63, 3.8) is 0 Å². The summed E-state index contributed by atoms with van der Waals surface area (Å²) in [4.78, 5) is 1.56. The van der Waals surface area contributed by atoms with Gasteiger partial charge in [0, 0.05) is 26.3 Å². The van der Waals surface area contributed by atoms with Crippen LogP contribution in [-0.4, -0.2) is 31.3 Å². The fourth-order valence-electron chi connectivity index (χ4n) is 5.68. The normalized spacial score (nSPS) is 18.4. The molecule has 1 aliphatic heterocycles. The van der Waals surface area contributed by atoms with E-state index in [-0.39, 0.29) is 10.3 Å². The van der Waals surface area contributed by atoms with E-state index in [1.807, 2.05) is 17.0 Å². The lowest BCUT2D eigenvalue weighted by Crippen LogP contribution is -2.41. The molecule has 1 N–H and O–H groups in total. The van der Waals surface area contributed by atoms with Crippen LogP contribution in [0.2, 0.25) is 0 Å². The summed E-state index contributed by atoms with van der Waals surface area (Å²) in [5.74, 6) is 0. The standard InChI is InChI=1S/C26H29F3N4O2S/c1-18(22-9-12-30-32(22)2)31-36(34,35)24-15-21(26(27,28)29)7-8-23(24)33-13-10-25(11-14-33)16-19-5-3-4-6-20(19)17-25/h3-9,12,15,18,31H,10-11,13-14,16-17H2,1-2H3. The fraction of sp³-hybridized carbons (Fsp3) is 0.423. The molecular formula is C26H29F3N4O2S. The zero-order valence-electron chi connectivity index (χ0n) is 20.2. The van der Waals surface area contributed by atoms with Crippen molar-refractivity contribution in [1.82, 2.24) is 14.5 Å². The Morgan fingerprint density at radius 2 is 1.67 bits per heavy atom. The number of nitrogens with zero attached hydrogens (tertiary/aromatic N) is 3. The van der Waals surface area contributed by atoms with Crippen LogP contribution in [0.4, 0.5) is 18.9 Å². The number of hydrogen-bond donors (Lipinski definition) is 1. The van der Waals surface area contributed by atoms with E-state index in [2.05, 4.69) is 22.0 Å². The van der Waals surface area contributed by atoms with Crippen LogP contribution in [0.5, 0.6) is 0 Å². The van der Waals surface area contributed by atoms with Crippen LogP contribution >= 0.6 is 0 Å². The number of nitrogens with one attached hydrogen (secondary N) is 1. The van der Waals surface area contributed by atoms with Crippen molar-refractivity contribution >= 4 is 15.7 Å². The average molecular weight is 519 g/mol. The molecule has 5 rings (SSSR count). The van der Waals surface area contributed by atoms with Gasteiger partial charge in [-0.25, -0.2) is 13.1 Å². The van der Waals surface area contributed by atoms with Crippen LogP contribution in [0, 0.1) is 5.41 Å². The summed E-state index contributed by atoms with van der Waals surface area (Å²) in [5, 5.41) is 4.05. The number of alkyl halides is 3. The van der Waals surface area contributed by atoms with Crippen LogP contribution in [0.25, 0.3) is 0 Å². The molecule has 1 aliphatic carbocycles. The maximum absolute atomic E-state index is 13.6. The van der Waals surface area contributed by atoms with E-state index >= 15 is 0 Å². The van der Waals surface area contributed by atoms with E-state index in [0.29, 0.717) is 24.5 Å². The number of rotatable bonds is 5. The Hall–Kier alpha value is -2.85. The van der Waals surface area contributed by atoms with E-state index < -0.39 is 27.8 Å². The third-order valence-electron chi connectivity index (χ3n) is 7.63. The molecule has 2 heterocycles. The molecule has 0 bridgehead atoms. The largest absolute Gasteiger partial charge is 0.416 e. The predicted molar refractivity (Wildman–Crippen MR) is 131 cm³/mol. The molecule has 0 amide bonds. The topological polar surface area (TPSA) is 67.2 Å². The van der Waals surface area contributed by atoms with Gasteiger partial charge in [-0.15, -0.1) is 0 Å². The Bertz CT molecular complexity index is 1350. The minimum atomic E-state index is -4.65. The molecule has 2 aliphatic rings. The summed E-state index contributed by atoms with van der Waals surface area (Å²) in [6.45, 7) is 2.81. The second-order valence-corrected chi connectivity index (χ2v) is 11.7. The third kappa shape index (κ3) is 4.64. The Morgan fingerprint density at radius 1 is 1.03 bits per heavy atom. The highest BCUT2D eigenvalue weighted by molar-refractivity contribution is 7.89. The van der Waals surface area contributed by atoms with Gasteiger partial charge in [0.05, 0.1) is 23.0 Å². The summed E-state index contributed by atoms with van der Waals surface area (Å²) < 4.78 is 71.7. The lowest BCUT2D eigenvalue weighted by atomic mass is 9.76. The molecule has 1 atom stereocenters. The molecule has 1 unspecified atom stereocenters. The van der Waals surface area contributed by atoms with Gasteiger partial charge in [0.25, 0.3) is 0 Å². The van der Waals surface area contributed by atoms with Gasteiger partial charge in [0.1, 0.15) is 4.90 Å². The van der Waals surface area contributed by atoms with Crippen LogP contribution in [0.15, 0.2) is 59.6 Å². The monoisotopic (exact) mass is 518 g/mol. The van der Waals surface area contributed by atoms with Gasteiger partial charge >= 0.3 is 6.18 Å². The Morgan fingerprint density at radius 3 is 2.22 bits per heavy atom. The van der Waals surface area contributed by atoms with E-state index in [9.17, 15) is 21.6 Å². The minimum absolute atomic E-state index is 0.122. The molecule has 0 radical (unpaired) electrons. The summed E-state index contributed by atoms with van der Waals surface area (Å²) in [7, 11) is -2.59. The number of benzene rings is 2. The Balaban J connectivity index is 1.43. The first-order valence-corrected chi connectivity index (χ1v) is 13.5. The van der Waals surface area contributed by atoms with E-state index in [0.717, 1.165) is 37.8 Å².